The first-order valence-electron chi connectivity index (χ1n) is 9.07. The Bertz CT molecular complexity index is 1120. The van der Waals surface area contributed by atoms with E-state index in [0.29, 0.717) is 22.9 Å². The number of aromatic nitrogens is 1. The molecule has 7 nitrogen and oxygen atoms in total. The maximum Gasteiger partial charge on any atom is 0.238 e. The van der Waals surface area contributed by atoms with Crippen LogP contribution in [0.25, 0.3) is 11.5 Å². The van der Waals surface area contributed by atoms with Crippen molar-refractivity contribution in [3.63, 3.8) is 0 Å². The SMILES string of the molecule is Cc1oc(-c2ccccc2)nc1CC(=O)N(C)C(C)c1cccc(S(N)(=O)=O)c1. The van der Waals surface area contributed by atoms with Crippen molar-refractivity contribution in [1.82, 2.24) is 9.88 Å². The minimum absolute atomic E-state index is 0.0162. The molecule has 0 saturated heterocycles. The molecule has 0 spiro atoms. The maximum atomic E-state index is 12.8. The monoisotopic (exact) mass is 413 g/mol. The zero-order valence-corrected chi connectivity index (χ0v) is 17.3. The van der Waals surface area contributed by atoms with Crippen molar-refractivity contribution in [2.24, 2.45) is 5.14 Å². The van der Waals surface area contributed by atoms with Gasteiger partial charge in [0.05, 0.1) is 23.1 Å². The topological polar surface area (TPSA) is 106 Å². The van der Waals surface area contributed by atoms with Crippen molar-refractivity contribution in [3.05, 3.63) is 71.6 Å². The number of benzene rings is 2. The molecule has 0 bridgehead atoms. The van der Waals surface area contributed by atoms with Gasteiger partial charge in [-0.05, 0) is 43.7 Å². The summed E-state index contributed by atoms with van der Waals surface area (Å²) in [5.74, 6) is 0.909. The van der Waals surface area contributed by atoms with Crippen LogP contribution in [0.15, 0.2) is 63.9 Å². The molecule has 2 N–H and O–H groups in total. The smallest absolute Gasteiger partial charge is 0.238 e. The van der Waals surface area contributed by atoms with Gasteiger partial charge in [-0.2, -0.15) is 0 Å². The molecule has 0 saturated carbocycles. The lowest BCUT2D eigenvalue weighted by atomic mass is 10.1. The van der Waals surface area contributed by atoms with E-state index in [9.17, 15) is 13.2 Å². The Balaban J connectivity index is 1.77. The highest BCUT2D eigenvalue weighted by atomic mass is 32.2. The van der Waals surface area contributed by atoms with Gasteiger partial charge in [0.2, 0.25) is 21.8 Å². The summed E-state index contributed by atoms with van der Waals surface area (Å²) in [5.41, 5.74) is 2.09. The van der Waals surface area contributed by atoms with E-state index in [2.05, 4.69) is 4.98 Å². The van der Waals surface area contributed by atoms with Crippen molar-refractivity contribution in [2.75, 3.05) is 7.05 Å². The number of nitrogens with two attached hydrogens (primary N) is 1. The number of likely N-dealkylation sites (N-methyl/N-ethyl adjacent to an activating group) is 1. The molecule has 0 aliphatic carbocycles. The summed E-state index contributed by atoms with van der Waals surface area (Å²) in [6, 6.07) is 15.4. The molecule has 2 aromatic carbocycles. The van der Waals surface area contributed by atoms with Gasteiger partial charge in [0.1, 0.15) is 5.76 Å². The zero-order chi connectivity index (χ0) is 21.2. The summed E-state index contributed by atoms with van der Waals surface area (Å²) < 4.78 is 28.9. The molecular weight excluding hydrogens is 390 g/mol. The largest absolute Gasteiger partial charge is 0.441 e. The number of aryl methyl sites for hydroxylation is 1. The van der Waals surface area contributed by atoms with Crippen LogP contribution in [0, 0.1) is 6.92 Å². The average molecular weight is 413 g/mol. The molecule has 1 heterocycles. The zero-order valence-electron chi connectivity index (χ0n) is 16.5. The molecule has 1 amide bonds. The summed E-state index contributed by atoms with van der Waals surface area (Å²) in [5, 5.41) is 5.20. The second-order valence-electron chi connectivity index (χ2n) is 6.86. The maximum absolute atomic E-state index is 12.8. The number of carbonyl (C=O) groups excluding carboxylic acids is 1. The molecule has 8 heteroatoms. The number of hydrogen-bond donors (Lipinski definition) is 1. The van der Waals surface area contributed by atoms with E-state index in [1.54, 1.807) is 31.0 Å². The van der Waals surface area contributed by atoms with Crippen molar-refractivity contribution in [2.45, 2.75) is 31.2 Å². The second-order valence-corrected chi connectivity index (χ2v) is 8.42. The lowest BCUT2D eigenvalue weighted by molar-refractivity contribution is -0.131. The van der Waals surface area contributed by atoms with E-state index in [-0.39, 0.29) is 23.3 Å². The third kappa shape index (κ3) is 4.72. The first-order chi connectivity index (χ1) is 13.7. The fourth-order valence-electron chi connectivity index (χ4n) is 2.96. The van der Waals surface area contributed by atoms with Gasteiger partial charge < -0.3 is 9.32 Å². The first kappa shape index (κ1) is 20.8. The Morgan fingerprint density at radius 1 is 1.17 bits per heavy atom. The van der Waals surface area contributed by atoms with E-state index in [1.165, 1.54) is 12.1 Å². The molecular formula is C21H23N3O4S. The molecule has 29 heavy (non-hydrogen) atoms. The van der Waals surface area contributed by atoms with Gasteiger partial charge in [-0.1, -0.05) is 30.3 Å². The summed E-state index contributed by atoms with van der Waals surface area (Å²) in [4.78, 5) is 18.8. The molecule has 1 atom stereocenters. The Morgan fingerprint density at radius 2 is 1.86 bits per heavy atom. The van der Waals surface area contributed by atoms with Crippen LogP contribution >= 0.6 is 0 Å². The standard InChI is InChI=1S/C21H23N3O4S/c1-14(17-10-7-11-18(12-17)29(22,26)27)24(3)20(25)13-19-15(2)28-21(23-19)16-8-5-4-6-9-16/h4-12,14H,13H2,1-3H3,(H2,22,26,27). The van der Waals surface area contributed by atoms with Gasteiger partial charge in [0.15, 0.2) is 0 Å². The van der Waals surface area contributed by atoms with Crippen molar-refractivity contribution in [3.8, 4) is 11.5 Å². The molecule has 0 fully saturated rings. The molecule has 3 aromatic rings. The third-order valence-electron chi connectivity index (χ3n) is 4.88. The minimum atomic E-state index is -3.81. The average Bonchev–Trinajstić information content (AvgIpc) is 3.07. The Morgan fingerprint density at radius 3 is 2.52 bits per heavy atom. The van der Waals surface area contributed by atoms with Crippen molar-refractivity contribution < 1.29 is 17.6 Å². The van der Waals surface area contributed by atoms with Gasteiger partial charge in [0, 0.05) is 12.6 Å². The van der Waals surface area contributed by atoms with E-state index in [1.807, 2.05) is 37.3 Å². The van der Waals surface area contributed by atoms with E-state index in [0.717, 1.165) is 5.56 Å². The van der Waals surface area contributed by atoms with Crippen molar-refractivity contribution in [1.29, 1.82) is 0 Å². The van der Waals surface area contributed by atoms with Crippen LogP contribution in [0.5, 0.6) is 0 Å². The number of nitrogens with zero attached hydrogens (tertiary/aromatic N) is 2. The Labute approximate surface area is 170 Å². The van der Waals surface area contributed by atoms with Gasteiger partial charge in [-0.3, -0.25) is 4.79 Å². The van der Waals surface area contributed by atoms with Crippen LogP contribution in [-0.2, 0) is 21.2 Å². The lowest BCUT2D eigenvalue weighted by Crippen LogP contribution is -2.31. The van der Waals surface area contributed by atoms with E-state index >= 15 is 0 Å². The molecule has 152 valence electrons. The van der Waals surface area contributed by atoms with Crippen molar-refractivity contribution >= 4 is 15.9 Å². The first-order valence-corrected chi connectivity index (χ1v) is 10.6. The quantitative estimate of drug-likeness (QED) is 0.668. The van der Waals surface area contributed by atoms with Crippen LogP contribution < -0.4 is 5.14 Å². The lowest BCUT2D eigenvalue weighted by Gasteiger charge is -2.25. The number of amides is 1. The number of hydrogen-bond acceptors (Lipinski definition) is 5. The van der Waals surface area contributed by atoms with Gasteiger partial charge in [-0.25, -0.2) is 18.5 Å². The number of primary sulfonamides is 1. The van der Waals surface area contributed by atoms with Crippen LogP contribution in [0.2, 0.25) is 0 Å². The predicted molar refractivity (Wildman–Crippen MR) is 109 cm³/mol. The normalized spacial score (nSPS) is 12.6. The molecule has 1 unspecified atom stereocenters. The van der Waals surface area contributed by atoms with Gasteiger partial charge in [-0.15, -0.1) is 0 Å². The van der Waals surface area contributed by atoms with E-state index in [4.69, 9.17) is 9.56 Å². The summed E-state index contributed by atoms with van der Waals surface area (Å²) in [6.45, 7) is 3.60. The highest BCUT2D eigenvalue weighted by Gasteiger charge is 2.22. The third-order valence-corrected chi connectivity index (χ3v) is 5.79. The van der Waals surface area contributed by atoms with Gasteiger partial charge in [0.25, 0.3) is 0 Å². The summed E-state index contributed by atoms with van der Waals surface area (Å²) >= 11 is 0. The number of sulfonamides is 1. The van der Waals surface area contributed by atoms with Crippen LogP contribution in [0.1, 0.15) is 30.0 Å². The highest BCUT2D eigenvalue weighted by molar-refractivity contribution is 7.89. The van der Waals surface area contributed by atoms with Crippen LogP contribution in [0.3, 0.4) is 0 Å². The number of oxazole rings is 1. The van der Waals surface area contributed by atoms with Gasteiger partial charge >= 0.3 is 0 Å². The number of rotatable bonds is 6. The molecule has 3 rings (SSSR count). The molecule has 0 aliphatic rings. The highest BCUT2D eigenvalue weighted by Crippen LogP contribution is 2.24. The second kappa shape index (κ2) is 8.18. The Hall–Kier alpha value is -2.97. The van der Waals surface area contributed by atoms with Crippen LogP contribution in [0.4, 0.5) is 0 Å². The Kier molecular flexibility index (Phi) is 5.86. The fourth-order valence-corrected chi connectivity index (χ4v) is 3.52. The molecule has 0 aliphatic heterocycles. The summed E-state index contributed by atoms with van der Waals surface area (Å²) in [6.07, 6.45) is 0.0812. The van der Waals surface area contributed by atoms with Crippen LogP contribution in [-0.4, -0.2) is 31.3 Å². The molecule has 0 radical (unpaired) electrons. The van der Waals surface area contributed by atoms with E-state index < -0.39 is 10.0 Å². The predicted octanol–water partition coefficient (Wildman–Crippen LogP) is 3.06. The fraction of sp³-hybridized carbons (Fsp3) is 0.238. The summed E-state index contributed by atoms with van der Waals surface area (Å²) in [7, 11) is -2.14. The molecule has 1 aromatic heterocycles. The number of carbonyl (C=O) groups is 1. The minimum Gasteiger partial charge on any atom is -0.441 e.